The first-order chi connectivity index (χ1) is 16.5. The average molecular weight is 480 g/mol. The lowest BCUT2D eigenvalue weighted by Crippen LogP contribution is -2.27. The number of benzene rings is 2. The summed E-state index contributed by atoms with van der Waals surface area (Å²) in [6.07, 6.45) is 8.53. The van der Waals surface area contributed by atoms with Crippen molar-refractivity contribution in [3.63, 3.8) is 0 Å². The molecule has 5 rings (SSSR count). The minimum absolute atomic E-state index is 0.0186. The summed E-state index contributed by atoms with van der Waals surface area (Å²) >= 11 is 5.89. The lowest BCUT2D eigenvalue weighted by molar-refractivity contribution is 0.304. The van der Waals surface area contributed by atoms with Crippen molar-refractivity contribution in [2.45, 2.75) is 57.4 Å². The van der Waals surface area contributed by atoms with E-state index in [0.29, 0.717) is 17.6 Å². The van der Waals surface area contributed by atoms with Crippen LogP contribution in [0.4, 0.5) is 5.95 Å². The smallest absolute Gasteiger partial charge is 0.347 e. The van der Waals surface area contributed by atoms with Crippen molar-refractivity contribution in [2.24, 2.45) is 13.0 Å². The number of anilines is 1. The van der Waals surface area contributed by atoms with Gasteiger partial charge in [0.15, 0.2) is 0 Å². The summed E-state index contributed by atoms with van der Waals surface area (Å²) in [5.41, 5.74) is 4.37. The van der Waals surface area contributed by atoms with Gasteiger partial charge in [0.25, 0.3) is 0 Å². The lowest BCUT2D eigenvalue weighted by atomic mass is 9.89. The highest BCUT2D eigenvalue weighted by Crippen LogP contribution is 2.35. The second-order valence-electron chi connectivity index (χ2n) is 9.31. The van der Waals surface area contributed by atoms with Gasteiger partial charge in [0, 0.05) is 37.3 Å². The van der Waals surface area contributed by atoms with Gasteiger partial charge in [-0.3, -0.25) is 4.57 Å². The van der Waals surface area contributed by atoms with Crippen molar-refractivity contribution in [1.82, 2.24) is 14.3 Å². The standard InChI is InChI=1S/C16H14ClN.C11H20N4O/c17-13-8-5-12(6-9-13)16(18)15-10-7-11-3-1-2-4-14(11)15;1-12-10-13-15(11(16)14(10)2)8-9-6-4-3-5-7-9/h1-6,8-9,15,18H,7,10H2;9H,3-8H2,1-2H3,(H,12,13). The predicted octanol–water partition coefficient (Wildman–Crippen LogP) is 5.64. The SMILES string of the molecule is CNc1nn(CC2CCCCC2)c(=O)n1C.N=C(c1ccc(Cl)cc1)C1CCc2ccccc21. The van der Waals surface area contributed by atoms with Crippen LogP contribution in [0, 0.1) is 11.3 Å². The van der Waals surface area contributed by atoms with Crippen LogP contribution in [0.15, 0.2) is 53.3 Å². The van der Waals surface area contributed by atoms with Crippen molar-refractivity contribution < 1.29 is 0 Å². The number of aromatic nitrogens is 3. The minimum atomic E-state index is -0.0186. The average Bonchev–Trinajstić information content (AvgIpc) is 3.42. The zero-order valence-electron chi connectivity index (χ0n) is 20.1. The molecule has 3 aromatic rings. The molecule has 0 spiro atoms. The zero-order chi connectivity index (χ0) is 24.1. The second-order valence-corrected chi connectivity index (χ2v) is 9.75. The Morgan fingerprint density at radius 3 is 2.47 bits per heavy atom. The van der Waals surface area contributed by atoms with E-state index in [2.05, 4.69) is 34.7 Å². The van der Waals surface area contributed by atoms with Gasteiger partial charge < -0.3 is 10.7 Å². The van der Waals surface area contributed by atoms with Crippen LogP contribution in [-0.2, 0) is 20.0 Å². The van der Waals surface area contributed by atoms with E-state index in [1.54, 1.807) is 23.3 Å². The van der Waals surface area contributed by atoms with Gasteiger partial charge >= 0.3 is 5.69 Å². The van der Waals surface area contributed by atoms with Crippen LogP contribution >= 0.6 is 11.6 Å². The molecular weight excluding hydrogens is 446 g/mol. The van der Waals surface area contributed by atoms with Crippen LogP contribution in [0.5, 0.6) is 0 Å². The molecule has 6 nitrogen and oxygen atoms in total. The molecule has 2 N–H and O–H groups in total. The molecule has 1 unspecified atom stereocenters. The Balaban J connectivity index is 0.000000162. The lowest BCUT2D eigenvalue weighted by Gasteiger charge is -2.20. The Labute approximate surface area is 206 Å². The number of aryl methyl sites for hydroxylation is 1. The van der Waals surface area contributed by atoms with Crippen molar-refractivity contribution in [1.29, 1.82) is 5.41 Å². The fourth-order valence-corrected chi connectivity index (χ4v) is 5.25. The first-order valence-electron chi connectivity index (χ1n) is 12.2. The molecule has 0 bridgehead atoms. The predicted molar refractivity (Wildman–Crippen MR) is 139 cm³/mol. The molecular formula is C27H34ClN5O. The number of hydrogen-bond acceptors (Lipinski definition) is 4. The normalized spacial score (nSPS) is 17.6. The Morgan fingerprint density at radius 2 is 1.79 bits per heavy atom. The highest BCUT2D eigenvalue weighted by Gasteiger charge is 2.26. The molecule has 1 heterocycles. The Bertz CT molecular complexity index is 1170. The largest absolute Gasteiger partial charge is 0.357 e. The molecule has 0 aliphatic heterocycles. The van der Waals surface area contributed by atoms with Crippen molar-refractivity contribution in [2.75, 3.05) is 12.4 Å². The first kappa shape index (κ1) is 24.3. The van der Waals surface area contributed by atoms with Gasteiger partial charge in [-0.15, -0.1) is 5.10 Å². The van der Waals surface area contributed by atoms with Crippen LogP contribution in [0.1, 0.15) is 61.1 Å². The molecule has 1 atom stereocenters. The number of nitrogens with zero attached hydrogens (tertiary/aromatic N) is 3. The highest BCUT2D eigenvalue weighted by molar-refractivity contribution is 6.30. The second kappa shape index (κ2) is 11.0. The first-order valence-corrected chi connectivity index (χ1v) is 12.6. The molecule has 7 heteroatoms. The van der Waals surface area contributed by atoms with E-state index in [0.717, 1.165) is 30.0 Å². The van der Waals surface area contributed by atoms with Crippen molar-refractivity contribution in [3.05, 3.63) is 80.7 Å². The molecule has 2 aromatic carbocycles. The van der Waals surface area contributed by atoms with Crippen LogP contribution in [0.25, 0.3) is 0 Å². The van der Waals surface area contributed by atoms with E-state index >= 15 is 0 Å². The summed E-state index contributed by atoms with van der Waals surface area (Å²) < 4.78 is 3.16. The van der Waals surface area contributed by atoms with Crippen LogP contribution in [0.2, 0.25) is 5.02 Å². The Hall–Kier alpha value is -2.86. The molecule has 1 aromatic heterocycles. The molecule has 0 radical (unpaired) electrons. The van der Waals surface area contributed by atoms with Gasteiger partial charge in [-0.2, -0.15) is 0 Å². The fourth-order valence-electron chi connectivity index (χ4n) is 5.13. The van der Waals surface area contributed by atoms with Crippen LogP contribution in [0.3, 0.4) is 0 Å². The summed E-state index contributed by atoms with van der Waals surface area (Å²) in [6.45, 7) is 0.772. The molecule has 2 aliphatic rings. The van der Waals surface area contributed by atoms with Crippen molar-refractivity contribution in [3.8, 4) is 0 Å². The number of halogens is 1. The summed E-state index contributed by atoms with van der Waals surface area (Å²) in [5.74, 6) is 1.51. The topological polar surface area (TPSA) is 75.7 Å². The van der Waals surface area contributed by atoms with E-state index in [9.17, 15) is 4.79 Å². The van der Waals surface area contributed by atoms with Gasteiger partial charge in [-0.05, 0) is 60.4 Å². The third kappa shape index (κ3) is 5.44. The summed E-state index contributed by atoms with van der Waals surface area (Å²) in [7, 11) is 3.53. The Kier molecular flexibility index (Phi) is 7.88. The van der Waals surface area contributed by atoms with Gasteiger partial charge in [0.1, 0.15) is 0 Å². The van der Waals surface area contributed by atoms with E-state index < -0.39 is 0 Å². The number of nitrogens with one attached hydrogen (secondary N) is 2. The van der Waals surface area contributed by atoms with Gasteiger partial charge in [-0.25, -0.2) is 9.48 Å². The van der Waals surface area contributed by atoms with Gasteiger partial charge in [-0.1, -0.05) is 67.3 Å². The van der Waals surface area contributed by atoms with Crippen molar-refractivity contribution >= 4 is 23.3 Å². The number of fused-ring (bicyclic) bond motifs is 1. The summed E-state index contributed by atoms with van der Waals surface area (Å²) in [6, 6.07) is 16.0. The molecule has 34 heavy (non-hydrogen) atoms. The van der Waals surface area contributed by atoms with E-state index in [4.69, 9.17) is 17.0 Å². The Morgan fingerprint density at radius 1 is 1.09 bits per heavy atom. The molecule has 0 amide bonds. The third-order valence-electron chi connectivity index (χ3n) is 7.06. The van der Waals surface area contributed by atoms with E-state index in [-0.39, 0.29) is 11.6 Å². The quantitative estimate of drug-likeness (QED) is 0.465. The molecule has 180 valence electrons. The molecule has 0 saturated heterocycles. The third-order valence-corrected chi connectivity index (χ3v) is 7.31. The maximum atomic E-state index is 11.8. The zero-order valence-corrected chi connectivity index (χ0v) is 20.8. The molecule has 2 aliphatic carbocycles. The maximum Gasteiger partial charge on any atom is 0.347 e. The number of rotatable bonds is 5. The molecule has 1 saturated carbocycles. The van der Waals surface area contributed by atoms with E-state index in [1.165, 1.54) is 43.2 Å². The molecule has 1 fully saturated rings. The van der Waals surface area contributed by atoms with E-state index in [1.807, 2.05) is 24.3 Å². The van der Waals surface area contributed by atoms with Crippen LogP contribution in [-0.4, -0.2) is 27.1 Å². The van der Waals surface area contributed by atoms with Gasteiger partial charge in [0.05, 0.1) is 0 Å². The summed E-state index contributed by atoms with van der Waals surface area (Å²) in [4.78, 5) is 11.8. The van der Waals surface area contributed by atoms with Crippen LogP contribution < -0.4 is 11.0 Å². The van der Waals surface area contributed by atoms with Gasteiger partial charge in [0.2, 0.25) is 5.95 Å². The monoisotopic (exact) mass is 479 g/mol. The summed E-state index contributed by atoms with van der Waals surface area (Å²) in [5, 5.41) is 16.3. The minimum Gasteiger partial charge on any atom is -0.357 e. The maximum absolute atomic E-state index is 11.8. The number of hydrogen-bond donors (Lipinski definition) is 2. The highest BCUT2D eigenvalue weighted by atomic mass is 35.5. The fraction of sp³-hybridized carbons (Fsp3) is 0.444.